The van der Waals surface area contributed by atoms with Crippen LogP contribution < -0.4 is 15.2 Å². The second kappa shape index (κ2) is 13.3. The summed E-state index contributed by atoms with van der Waals surface area (Å²) in [5.41, 5.74) is 8.69. The largest absolute Gasteiger partial charge is 0.487 e. The third-order valence-corrected chi connectivity index (χ3v) is 8.78. The van der Waals surface area contributed by atoms with Crippen LogP contribution in [0.2, 0.25) is 0 Å². The molecule has 5 rings (SSSR count). The van der Waals surface area contributed by atoms with E-state index in [1.165, 1.54) is 47.4 Å². The molecule has 2 N–H and O–H groups in total. The van der Waals surface area contributed by atoms with Gasteiger partial charge in [0.1, 0.15) is 18.2 Å². The van der Waals surface area contributed by atoms with Crippen molar-refractivity contribution in [3.63, 3.8) is 0 Å². The van der Waals surface area contributed by atoms with Crippen molar-refractivity contribution in [3.8, 4) is 23.1 Å². The summed E-state index contributed by atoms with van der Waals surface area (Å²) in [5, 5.41) is 4.22. The molecule has 15 heteroatoms. The standard InChI is InChI=1S/C31H27F5N4O5S/c1-17-8-28(45-30-23(33)4-2-5-24(30)34)38-14-25(17)40-31(37)22(13-39-40)29(41)20-9-18-11-21(16-46(42,43)7-3-6-32)26(12-19(18)10-20)44-15-27(35)36/h2,4-5,8,10-14,27H,3,6-7,9,15-16,37H2,1H3. The number of anilines is 1. The Morgan fingerprint density at radius 3 is 2.54 bits per heavy atom. The number of aromatic nitrogens is 3. The van der Waals surface area contributed by atoms with E-state index < -0.39 is 64.2 Å². The maximum atomic E-state index is 14.0. The molecule has 242 valence electrons. The summed E-state index contributed by atoms with van der Waals surface area (Å²) in [7, 11) is -3.77. The average molecular weight is 663 g/mol. The fourth-order valence-electron chi connectivity index (χ4n) is 4.94. The molecule has 4 aromatic rings. The molecule has 2 heterocycles. The SMILES string of the molecule is Cc1cc(Oc2c(F)cccc2F)ncc1-n1ncc(C(=O)C2=Cc3cc(OCC(F)F)c(CS(=O)(=O)CCCF)cc3C2)c1N. The van der Waals surface area contributed by atoms with E-state index in [1.807, 2.05) is 0 Å². The van der Waals surface area contributed by atoms with Gasteiger partial charge in [-0.05, 0) is 54.3 Å². The van der Waals surface area contributed by atoms with Crippen molar-refractivity contribution in [1.29, 1.82) is 0 Å². The predicted molar refractivity (Wildman–Crippen MR) is 159 cm³/mol. The number of hydrogen-bond donors (Lipinski definition) is 1. The number of benzene rings is 2. The van der Waals surface area contributed by atoms with E-state index in [0.717, 1.165) is 12.1 Å². The molecule has 0 saturated heterocycles. The highest BCUT2D eigenvalue weighted by atomic mass is 32.2. The van der Waals surface area contributed by atoms with Crippen molar-refractivity contribution >= 4 is 27.5 Å². The lowest BCUT2D eigenvalue weighted by atomic mass is 10.0. The Balaban J connectivity index is 1.38. The van der Waals surface area contributed by atoms with Crippen LogP contribution >= 0.6 is 0 Å². The summed E-state index contributed by atoms with van der Waals surface area (Å²) in [6.45, 7) is -0.133. The predicted octanol–water partition coefficient (Wildman–Crippen LogP) is 5.97. The molecule has 0 unspecified atom stereocenters. The van der Waals surface area contributed by atoms with Gasteiger partial charge in [0, 0.05) is 23.6 Å². The number of nitrogens with two attached hydrogens (primary N) is 1. The summed E-state index contributed by atoms with van der Waals surface area (Å²) in [6, 6.07) is 7.59. The number of ketones is 1. The number of alkyl halides is 3. The zero-order valence-corrected chi connectivity index (χ0v) is 25.1. The smallest absolute Gasteiger partial charge is 0.272 e. The van der Waals surface area contributed by atoms with Crippen LogP contribution in [0.1, 0.15) is 39.0 Å². The number of rotatable bonds is 13. The van der Waals surface area contributed by atoms with Crippen LogP contribution in [0.25, 0.3) is 11.8 Å². The number of nitrogen functional groups attached to an aromatic ring is 1. The van der Waals surface area contributed by atoms with E-state index >= 15 is 0 Å². The number of aryl methyl sites for hydroxylation is 1. The minimum absolute atomic E-state index is 0.0267. The first-order valence-corrected chi connectivity index (χ1v) is 15.7. The molecule has 0 radical (unpaired) electrons. The molecule has 0 spiro atoms. The molecule has 0 bridgehead atoms. The van der Waals surface area contributed by atoms with Crippen molar-refractivity contribution in [2.45, 2.75) is 31.9 Å². The topological polar surface area (TPSA) is 126 Å². The lowest BCUT2D eigenvalue weighted by molar-refractivity contribution is 0.0815. The molecule has 0 aliphatic heterocycles. The Morgan fingerprint density at radius 2 is 1.87 bits per heavy atom. The van der Waals surface area contributed by atoms with Crippen molar-refractivity contribution in [1.82, 2.24) is 14.8 Å². The normalized spacial score (nSPS) is 12.7. The molecule has 0 atom stereocenters. The minimum Gasteiger partial charge on any atom is -0.487 e. The molecule has 46 heavy (non-hydrogen) atoms. The van der Waals surface area contributed by atoms with Gasteiger partial charge >= 0.3 is 0 Å². The summed E-state index contributed by atoms with van der Waals surface area (Å²) in [4.78, 5) is 17.6. The number of pyridine rings is 1. The molecule has 2 aromatic carbocycles. The highest BCUT2D eigenvalue weighted by molar-refractivity contribution is 7.90. The molecule has 2 aromatic heterocycles. The number of nitrogens with zero attached hydrogens (tertiary/aromatic N) is 3. The zero-order chi connectivity index (χ0) is 33.2. The number of halogens is 5. The number of sulfone groups is 1. The first-order valence-electron chi connectivity index (χ1n) is 13.9. The van der Waals surface area contributed by atoms with Gasteiger partial charge in [-0.15, -0.1) is 0 Å². The number of fused-ring (bicyclic) bond motifs is 1. The summed E-state index contributed by atoms with van der Waals surface area (Å²) >= 11 is 0. The summed E-state index contributed by atoms with van der Waals surface area (Å²) in [6.07, 6.45) is 1.19. The van der Waals surface area contributed by atoms with E-state index in [-0.39, 0.29) is 47.0 Å². The molecule has 1 aliphatic rings. The number of ether oxygens (including phenoxy) is 2. The maximum Gasteiger partial charge on any atom is 0.272 e. The highest BCUT2D eigenvalue weighted by Crippen LogP contribution is 2.35. The van der Waals surface area contributed by atoms with E-state index in [1.54, 1.807) is 6.92 Å². The molecular weight excluding hydrogens is 635 g/mol. The average Bonchev–Trinajstić information content (AvgIpc) is 3.59. The van der Waals surface area contributed by atoms with E-state index in [9.17, 15) is 35.2 Å². The van der Waals surface area contributed by atoms with Gasteiger partial charge in [0.25, 0.3) is 6.43 Å². The Kier molecular flexibility index (Phi) is 9.42. The molecule has 0 saturated carbocycles. The van der Waals surface area contributed by atoms with Gasteiger partial charge in [-0.1, -0.05) is 12.1 Å². The molecule has 0 amide bonds. The lowest BCUT2D eigenvalue weighted by Crippen LogP contribution is -2.13. The van der Waals surface area contributed by atoms with Gasteiger partial charge in [-0.25, -0.2) is 35.6 Å². The number of hydrogen-bond acceptors (Lipinski definition) is 8. The quantitative estimate of drug-likeness (QED) is 0.137. The van der Waals surface area contributed by atoms with Crippen molar-refractivity contribution < 1.29 is 44.6 Å². The van der Waals surface area contributed by atoms with Gasteiger partial charge in [-0.2, -0.15) is 5.10 Å². The van der Waals surface area contributed by atoms with E-state index in [4.69, 9.17) is 15.2 Å². The van der Waals surface area contributed by atoms with Crippen LogP contribution in [0, 0.1) is 18.6 Å². The van der Waals surface area contributed by atoms with Crippen molar-refractivity contribution in [3.05, 3.63) is 93.8 Å². The fraction of sp³-hybridized carbons (Fsp3) is 0.258. The summed E-state index contributed by atoms with van der Waals surface area (Å²) < 4.78 is 103. The Hall–Kier alpha value is -4.79. The van der Waals surface area contributed by atoms with Gasteiger partial charge in [0.15, 0.2) is 27.3 Å². The van der Waals surface area contributed by atoms with Crippen LogP contribution in [-0.2, 0) is 22.0 Å². The first kappa shape index (κ1) is 32.6. The number of carbonyl (C=O) groups is 1. The van der Waals surface area contributed by atoms with Crippen LogP contribution in [0.3, 0.4) is 0 Å². The monoisotopic (exact) mass is 662 g/mol. The maximum absolute atomic E-state index is 14.0. The van der Waals surface area contributed by atoms with Crippen LogP contribution in [0.5, 0.6) is 17.4 Å². The second-order valence-corrected chi connectivity index (χ2v) is 12.7. The number of allylic oxidation sites excluding steroid dienone is 1. The third kappa shape index (κ3) is 7.03. The van der Waals surface area contributed by atoms with Gasteiger partial charge in [-0.3, -0.25) is 9.18 Å². The lowest BCUT2D eigenvalue weighted by Gasteiger charge is -2.14. The number of Topliss-reactive ketones (excluding diaryl/α,β-unsaturated/α-hetero) is 1. The van der Waals surface area contributed by atoms with Crippen LogP contribution in [0.15, 0.2) is 54.4 Å². The highest BCUT2D eigenvalue weighted by Gasteiger charge is 2.27. The molecule has 9 nitrogen and oxygen atoms in total. The van der Waals surface area contributed by atoms with Gasteiger partial charge in [0.05, 0.1) is 41.8 Å². The zero-order valence-electron chi connectivity index (χ0n) is 24.3. The minimum atomic E-state index is -3.77. The van der Waals surface area contributed by atoms with Crippen LogP contribution in [-0.4, -0.2) is 54.4 Å². The summed E-state index contributed by atoms with van der Waals surface area (Å²) in [5.74, 6) is -4.06. The third-order valence-electron chi connectivity index (χ3n) is 7.12. The fourth-order valence-corrected chi connectivity index (χ4v) is 6.33. The van der Waals surface area contributed by atoms with Crippen molar-refractivity contribution in [2.24, 2.45) is 0 Å². The van der Waals surface area contributed by atoms with Crippen LogP contribution in [0.4, 0.5) is 27.8 Å². The van der Waals surface area contributed by atoms with Gasteiger partial charge in [0.2, 0.25) is 11.6 Å². The second-order valence-electron chi connectivity index (χ2n) is 10.5. The van der Waals surface area contributed by atoms with E-state index in [0.29, 0.717) is 22.4 Å². The number of para-hydroxylation sites is 1. The Bertz CT molecular complexity index is 1930. The first-order chi connectivity index (χ1) is 21.9. The van der Waals surface area contributed by atoms with Crippen molar-refractivity contribution in [2.75, 3.05) is 24.8 Å². The number of carbonyl (C=O) groups excluding carboxylic acids is 1. The molecule has 0 fully saturated rings. The molecule has 1 aliphatic carbocycles. The Morgan fingerprint density at radius 1 is 1.13 bits per heavy atom. The molecular formula is C31H27F5N4O5S. The van der Waals surface area contributed by atoms with Gasteiger partial charge < -0.3 is 15.2 Å². The van der Waals surface area contributed by atoms with E-state index in [2.05, 4.69) is 10.1 Å². The Labute approximate surface area is 260 Å².